The van der Waals surface area contributed by atoms with Crippen LogP contribution in [0.2, 0.25) is 5.02 Å². The normalized spacial score (nSPS) is 10.7. The van der Waals surface area contributed by atoms with E-state index in [1.807, 2.05) is 12.1 Å². The Morgan fingerprint density at radius 1 is 0.881 bits per heavy atom. The number of methoxy groups -OCH3 is 1. The molecule has 8 nitrogen and oxygen atoms in total. The Bertz CT molecular complexity index is 1520. The van der Waals surface area contributed by atoms with E-state index in [0.29, 0.717) is 45.6 Å². The van der Waals surface area contributed by atoms with Crippen LogP contribution in [0.15, 0.2) is 96.1 Å². The number of nitrogens with one attached hydrogen (secondary N) is 1. The summed E-state index contributed by atoms with van der Waals surface area (Å²) in [6.07, 6.45) is 3.47. The first-order valence-electron chi connectivity index (χ1n) is 13.4. The van der Waals surface area contributed by atoms with Crippen molar-refractivity contribution < 1.29 is 28.5 Å². The maximum Gasteiger partial charge on any atom is 0.343 e. The van der Waals surface area contributed by atoms with Gasteiger partial charge in [-0.1, -0.05) is 49.2 Å². The first kappa shape index (κ1) is 30.1. The van der Waals surface area contributed by atoms with Gasteiger partial charge in [0.1, 0.15) is 18.1 Å². The molecule has 4 rings (SSSR count). The van der Waals surface area contributed by atoms with E-state index in [1.165, 1.54) is 13.3 Å². The number of unbranched alkanes of at least 4 members (excludes halogenated alkanes) is 1. The summed E-state index contributed by atoms with van der Waals surface area (Å²) in [5, 5.41) is 4.70. The van der Waals surface area contributed by atoms with Crippen LogP contribution in [-0.4, -0.2) is 31.8 Å². The Kier molecular flexibility index (Phi) is 10.9. The summed E-state index contributed by atoms with van der Waals surface area (Å²) >= 11 is 5.94. The molecule has 0 aliphatic heterocycles. The van der Waals surface area contributed by atoms with Crippen LogP contribution < -0.4 is 24.4 Å². The minimum Gasteiger partial charge on any atom is -0.494 e. The standard InChI is InChI=1S/C33H31ClN2O6/c1-3-4-19-40-27-16-12-25(13-17-27)33(38)42-30-18-11-24(20-31(30)39-2)21-35-36-32(37)28-7-5-6-8-29(28)41-22-23-9-14-26(34)15-10-23/h5-18,20-21H,3-4,19,22H2,1-2H3,(H,36,37). The smallest absolute Gasteiger partial charge is 0.343 e. The zero-order valence-electron chi connectivity index (χ0n) is 23.3. The van der Waals surface area contributed by atoms with E-state index in [9.17, 15) is 9.59 Å². The summed E-state index contributed by atoms with van der Waals surface area (Å²) < 4.78 is 22.5. The fraction of sp³-hybridized carbons (Fsp3) is 0.182. The summed E-state index contributed by atoms with van der Waals surface area (Å²) in [4.78, 5) is 25.5. The molecule has 0 unspecified atom stereocenters. The lowest BCUT2D eigenvalue weighted by molar-refractivity contribution is 0.0729. The maximum atomic E-state index is 12.8. The number of amides is 1. The SMILES string of the molecule is CCCCOc1ccc(C(=O)Oc2ccc(C=NNC(=O)c3ccccc3OCc3ccc(Cl)cc3)cc2OC)cc1. The minimum atomic E-state index is -0.529. The largest absolute Gasteiger partial charge is 0.494 e. The molecule has 4 aromatic rings. The third-order valence-corrected chi connectivity index (χ3v) is 6.32. The number of halogens is 1. The van der Waals surface area contributed by atoms with E-state index in [0.717, 1.165) is 18.4 Å². The van der Waals surface area contributed by atoms with Crippen molar-refractivity contribution in [3.05, 3.63) is 118 Å². The van der Waals surface area contributed by atoms with Crippen LogP contribution in [0.4, 0.5) is 0 Å². The van der Waals surface area contributed by atoms with Crippen LogP contribution >= 0.6 is 11.6 Å². The van der Waals surface area contributed by atoms with Crippen molar-refractivity contribution >= 4 is 29.7 Å². The lowest BCUT2D eigenvalue weighted by Gasteiger charge is -2.11. The average Bonchev–Trinajstić information content (AvgIpc) is 3.02. The topological polar surface area (TPSA) is 95.5 Å². The Hall–Kier alpha value is -4.82. The van der Waals surface area contributed by atoms with Gasteiger partial charge in [-0.25, -0.2) is 10.2 Å². The molecule has 4 aromatic carbocycles. The first-order valence-corrected chi connectivity index (χ1v) is 13.8. The van der Waals surface area contributed by atoms with Crippen molar-refractivity contribution in [2.75, 3.05) is 13.7 Å². The van der Waals surface area contributed by atoms with E-state index >= 15 is 0 Å². The number of hydrogen-bond donors (Lipinski definition) is 1. The van der Waals surface area contributed by atoms with Crippen molar-refractivity contribution in [2.24, 2.45) is 5.10 Å². The second-order valence-corrected chi connectivity index (χ2v) is 9.57. The summed E-state index contributed by atoms with van der Waals surface area (Å²) in [6.45, 7) is 3.00. The molecule has 0 aromatic heterocycles. The molecule has 0 aliphatic rings. The highest BCUT2D eigenvalue weighted by atomic mass is 35.5. The number of hydrazone groups is 1. The van der Waals surface area contributed by atoms with Gasteiger partial charge >= 0.3 is 5.97 Å². The van der Waals surface area contributed by atoms with Crippen LogP contribution in [0.25, 0.3) is 0 Å². The Labute approximate surface area is 249 Å². The van der Waals surface area contributed by atoms with Crippen LogP contribution in [-0.2, 0) is 6.61 Å². The molecule has 0 aliphatic carbocycles. The van der Waals surface area contributed by atoms with Crippen LogP contribution in [0.5, 0.6) is 23.0 Å². The fourth-order valence-electron chi connectivity index (χ4n) is 3.78. The predicted octanol–water partition coefficient (Wildman–Crippen LogP) is 7.09. The number of hydrogen-bond acceptors (Lipinski definition) is 7. The van der Waals surface area contributed by atoms with Gasteiger partial charge in [-0.2, -0.15) is 5.10 Å². The van der Waals surface area contributed by atoms with E-state index in [4.69, 9.17) is 30.5 Å². The molecule has 0 radical (unpaired) electrons. The van der Waals surface area contributed by atoms with Gasteiger partial charge in [0.05, 0.1) is 31.1 Å². The third-order valence-electron chi connectivity index (χ3n) is 6.07. The molecular weight excluding hydrogens is 556 g/mol. The van der Waals surface area contributed by atoms with Gasteiger partial charge < -0.3 is 18.9 Å². The van der Waals surface area contributed by atoms with Gasteiger partial charge in [0.25, 0.3) is 5.91 Å². The molecule has 42 heavy (non-hydrogen) atoms. The number of nitrogens with zero attached hydrogens (tertiary/aromatic N) is 1. The molecule has 216 valence electrons. The number of carbonyl (C=O) groups excluding carboxylic acids is 2. The molecule has 0 atom stereocenters. The summed E-state index contributed by atoms with van der Waals surface area (Å²) in [5.41, 5.74) is 4.77. The van der Waals surface area contributed by atoms with Gasteiger partial charge in [0.2, 0.25) is 0 Å². The molecular formula is C33H31ClN2O6. The van der Waals surface area contributed by atoms with Gasteiger partial charge in [-0.05, 0) is 84.3 Å². The van der Waals surface area contributed by atoms with E-state index in [2.05, 4.69) is 17.5 Å². The molecule has 0 saturated heterocycles. The van der Waals surface area contributed by atoms with Crippen molar-refractivity contribution in [1.82, 2.24) is 5.43 Å². The number of ether oxygens (including phenoxy) is 4. The van der Waals surface area contributed by atoms with E-state index < -0.39 is 11.9 Å². The Morgan fingerprint density at radius 3 is 2.38 bits per heavy atom. The fourth-order valence-corrected chi connectivity index (χ4v) is 3.90. The Morgan fingerprint density at radius 2 is 1.64 bits per heavy atom. The van der Waals surface area contributed by atoms with Crippen LogP contribution in [0.1, 0.15) is 51.6 Å². The van der Waals surface area contributed by atoms with Crippen LogP contribution in [0.3, 0.4) is 0 Å². The number of rotatable bonds is 13. The highest BCUT2D eigenvalue weighted by molar-refractivity contribution is 6.30. The van der Waals surface area contributed by atoms with Gasteiger partial charge in [-0.3, -0.25) is 4.79 Å². The molecule has 9 heteroatoms. The highest BCUT2D eigenvalue weighted by Gasteiger charge is 2.14. The number of para-hydroxylation sites is 1. The highest BCUT2D eigenvalue weighted by Crippen LogP contribution is 2.29. The molecule has 0 heterocycles. The molecule has 0 bridgehead atoms. The summed E-state index contributed by atoms with van der Waals surface area (Å²) in [6, 6.07) is 25.9. The number of benzene rings is 4. The molecule has 0 spiro atoms. The molecule has 1 N–H and O–H groups in total. The second-order valence-electron chi connectivity index (χ2n) is 9.14. The molecule has 0 fully saturated rings. The lowest BCUT2D eigenvalue weighted by Crippen LogP contribution is -2.18. The van der Waals surface area contributed by atoms with Gasteiger partial charge in [0, 0.05) is 5.02 Å². The first-order chi connectivity index (χ1) is 20.5. The van der Waals surface area contributed by atoms with Crippen molar-refractivity contribution in [3.8, 4) is 23.0 Å². The van der Waals surface area contributed by atoms with Gasteiger partial charge in [-0.15, -0.1) is 0 Å². The average molecular weight is 587 g/mol. The predicted molar refractivity (Wildman–Crippen MR) is 162 cm³/mol. The summed E-state index contributed by atoms with van der Waals surface area (Å²) in [7, 11) is 1.47. The monoisotopic (exact) mass is 586 g/mol. The quantitative estimate of drug-likeness (QED) is 0.0591. The van der Waals surface area contributed by atoms with Gasteiger partial charge in [0.15, 0.2) is 11.5 Å². The third kappa shape index (κ3) is 8.59. The number of carbonyl (C=O) groups is 2. The minimum absolute atomic E-state index is 0.249. The van der Waals surface area contributed by atoms with Crippen molar-refractivity contribution in [2.45, 2.75) is 26.4 Å². The number of esters is 1. The van der Waals surface area contributed by atoms with E-state index in [-0.39, 0.29) is 12.4 Å². The zero-order valence-corrected chi connectivity index (χ0v) is 24.1. The second kappa shape index (κ2) is 15.3. The zero-order chi connectivity index (χ0) is 29.7. The molecule has 1 amide bonds. The van der Waals surface area contributed by atoms with Crippen molar-refractivity contribution in [3.63, 3.8) is 0 Å². The van der Waals surface area contributed by atoms with E-state index in [1.54, 1.807) is 78.9 Å². The lowest BCUT2D eigenvalue weighted by atomic mass is 10.2. The summed E-state index contributed by atoms with van der Waals surface area (Å²) in [5.74, 6) is 0.739. The van der Waals surface area contributed by atoms with Crippen molar-refractivity contribution in [1.29, 1.82) is 0 Å². The Balaban J connectivity index is 1.35. The molecule has 0 saturated carbocycles. The van der Waals surface area contributed by atoms with Crippen LogP contribution in [0, 0.1) is 0 Å². The maximum absolute atomic E-state index is 12.8.